The van der Waals surface area contributed by atoms with Gasteiger partial charge in [-0.1, -0.05) is 46.2 Å². The molecule has 0 radical (unpaired) electrons. The zero-order valence-corrected chi connectivity index (χ0v) is 21.0. The summed E-state index contributed by atoms with van der Waals surface area (Å²) in [5, 5.41) is 0.494. The van der Waals surface area contributed by atoms with Crippen molar-refractivity contribution in [1.29, 1.82) is 0 Å². The summed E-state index contributed by atoms with van der Waals surface area (Å²) in [6.07, 6.45) is 2.99. The number of carbonyl (C=O) groups is 1. The molecular formula is C22H33ClN2O4Si. The van der Waals surface area contributed by atoms with Crippen LogP contribution in [-0.2, 0) is 9.16 Å². The third kappa shape index (κ3) is 5.13. The van der Waals surface area contributed by atoms with Crippen molar-refractivity contribution in [2.45, 2.75) is 65.7 Å². The number of esters is 1. The number of aromatic nitrogens is 2. The highest BCUT2D eigenvalue weighted by Gasteiger charge is 2.38. The van der Waals surface area contributed by atoms with Crippen LogP contribution in [0.4, 0.5) is 0 Å². The van der Waals surface area contributed by atoms with Crippen molar-refractivity contribution < 1.29 is 14.0 Å². The minimum Gasteiger partial charge on any atom is -0.462 e. The molecule has 2 heterocycles. The van der Waals surface area contributed by atoms with E-state index < -0.39 is 19.7 Å². The van der Waals surface area contributed by atoms with E-state index >= 15 is 0 Å². The maximum Gasteiger partial charge on any atom is 0.343 e. The lowest BCUT2D eigenvalue weighted by atomic mass is 10.0. The van der Waals surface area contributed by atoms with Gasteiger partial charge >= 0.3 is 5.97 Å². The minimum atomic E-state index is -1.99. The first kappa shape index (κ1) is 24.6. The first-order valence-corrected chi connectivity index (χ1v) is 13.6. The topological polar surface area (TPSA) is 70.4 Å². The Labute approximate surface area is 184 Å². The van der Waals surface area contributed by atoms with Crippen molar-refractivity contribution in [3.05, 3.63) is 39.3 Å². The third-order valence-electron chi connectivity index (χ3n) is 5.88. The Kier molecular flexibility index (Phi) is 7.53. The van der Waals surface area contributed by atoms with E-state index in [9.17, 15) is 9.59 Å². The van der Waals surface area contributed by atoms with Crippen LogP contribution in [0.25, 0.3) is 11.0 Å². The summed E-state index contributed by atoms with van der Waals surface area (Å²) in [7, 11) is -1.99. The van der Waals surface area contributed by atoms with Crippen molar-refractivity contribution in [2.75, 3.05) is 13.2 Å². The second-order valence-electron chi connectivity index (χ2n) is 9.40. The standard InChI is InChI=1S/C22H33ClN2O4Si/c1-9-28-21(27)16-12-25(17-10-15(23)11-24-19(17)20(16)26)18(14(2)3)13-29-30(7,8)22(4,5)6/h10-12,14,18H,9,13H2,1-8H3/t18-/m1/s1. The lowest BCUT2D eigenvalue weighted by Gasteiger charge is -2.38. The van der Waals surface area contributed by atoms with E-state index in [-0.39, 0.29) is 34.7 Å². The van der Waals surface area contributed by atoms with E-state index in [2.05, 4.69) is 52.7 Å². The second-order valence-corrected chi connectivity index (χ2v) is 14.6. The minimum absolute atomic E-state index is 0.0304. The lowest BCUT2D eigenvalue weighted by molar-refractivity contribution is 0.0523. The van der Waals surface area contributed by atoms with Gasteiger partial charge < -0.3 is 13.7 Å². The summed E-state index contributed by atoms with van der Waals surface area (Å²) >= 11 is 6.19. The zero-order valence-electron chi connectivity index (χ0n) is 19.2. The largest absolute Gasteiger partial charge is 0.462 e. The van der Waals surface area contributed by atoms with Crippen molar-refractivity contribution >= 4 is 36.9 Å². The van der Waals surface area contributed by atoms with Crippen LogP contribution in [0.15, 0.2) is 23.3 Å². The highest BCUT2D eigenvalue weighted by Crippen LogP contribution is 2.37. The molecule has 0 aliphatic rings. The Balaban J connectivity index is 2.65. The van der Waals surface area contributed by atoms with Gasteiger partial charge in [-0.25, -0.2) is 9.78 Å². The second kappa shape index (κ2) is 9.20. The number of fused-ring (bicyclic) bond motifs is 1. The molecule has 0 bridgehead atoms. The van der Waals surface area contributed by atoms with Crippen LogP contribution >= 0.6 is 11.6 Å². The van der Waals surface area contributed by atoms with Crippen LogP contribution in [0.2, 0.25) is 23.2 Å². The number of halogens is 1. The Bertz CT molecular complexity index is 979. The molecule has 0 fully saturated rings. The average molecular weight is 453 g/mol. The Morgan fingerprint density at radius 3 is 2.47 bits per heavy atom. The van der Waals surface area contributed by atoms with E-state index in [0.717, 1.165) is 0 Å². The van der Waals surface area contributed by atoms with E-state index in [1.807, 2.05) is 4.57 Å². The van der Waals surface area contributed by atoms with Gasteiger partial charge in [-0.15, -0.1) is 0 Å². The van der Waals surface area contributed by atoms with E-state index in [1.54, 1.807) is 19.2 Å². The van der Waals surface area contributed by atoms with Crippen LogP contribution in [-0.4, -0.2) is 37.1 Å². The molecule has 0 aromatic carbocycles. The zero-order chi connectivity index (χ0) is 22.9. The number of hydrogen-bond acceptors (Lipinski definition) is 5. The van der Waals surface area contributed by atoms with Crippen molar-refractivity contribution in [2.24, 2.45) is 5.92 Å². The smallest absolute Gasteiger partial charge is 0.343 e. The van der Waals surface area contributed by atoms with Crippen molar-refractivity contribution in [3.63, 3.8) is 0 Å². The Morgan fingerprint density at radius 1 is 1.30 bits per heavy atom. The summed E-state index contributed by atoms with van der Waals surface area (Å²) < 4.78 is 13.5. The highest BCUT2D eigenvalue weighted by molar-refractivity contribution is 6.74. The van der Waals surface area contributed by atoms with E-state index in [0.29, 0.717) is 17.1 Å². The molecule has 0 aliphatic heterocycles. The first-order chi connectivity index (χ1) is 13.8. The Hall–Kier alpha value is -1.70. The fourth-order valence-corrected chi connectivity index (χ4v) is 4.10. The monoisotopic (exact) mass is 452 g/mol. The molecule has 2 aromatic rings. The number of hydrogen-bond donors (Lipinski definition) is 0. The van der Waals surface area contributed by atoms with Gasteiger partial charge in [0.25, 0.3) is 0 Å². The maximum absolute atomic E-state index is 12.9. The van der Waals surface area contributed by atoms with Crippen molar-refractivity contribution in [1.82, 2.24) is 9.55 Å². The summed E-state index contributed by atoms with van der Waals surface area (Å²) in [5.74, 6) is -0.475. The van der Waals surface area contributed by atoms with Gasteiger partial charge in [0.2, 0.25) is 5.43 Å². The molecule has 8 heteroatoms. The van der Waals surface area contributed by atoms with Gasteiger partial charge in [-0.3, -0.25) is 4.79 Å². The molecule has 0 unspecified atom stereocenters. The molecule has 0 amide bonds. The summed E-state index contributed by atoms with van der Waals surface area (Å²) in [5.41, 5.74) is 0.294. The molecule has 0 saturated carbocycles. The van der Waals surface area contributed by atoms with Gasteiger partial charge in [0.05, 0.1) is 29.8 Å². The van der Waals surface area contributed by atoms with Gasteiger partial charge in [-0.2, -0.15) is 0 Å². The Morgan fingerprint density at radius 2 is 1.93 bits per heavy atom. The van der Waals surface area contributed by atoms with Crippen LogP contribution in [0.5, 0.6) is 0 Å². The number of ether oxygens (including phenoxy) is 1. The number of rotatable bonds is 7. The third-order valence-corrected chi connectivity index (χ3v) is 10.6. The molecule has 1 atom stereocenters. The molecule has 2 aromatic heterocycles. The van der Waals surface area contributed by atoms with Crippen LogP contribution < -0.4 is 5.43 Å². The molecular weight excluding hydrogens is 420 g/mol. The fraction of sp³-hybridized carbons (Fsp3) is 0.591. The highest BCUT2D eigenvalue weighted by atomic mass is 35.5. The van der Waals surface area contributed by atoms with Gasteiger partial charge in [0.1, 0.15) is 11.1 Å². The molecule has 2 rings (SSSR count). The number of carbonyl (C=O) groups excluding carboxylic acids is 1. The average Bonchev–Trinajstić information content (AvgIpc) is 2.62. The van der Waals surface area contributed by atoms with Gasteiger partial charge in [-0.05, 0) is 37.0 Å². The molecule has 0 aliphatic carbocycles. The van der Waals surface area contributed by atoms with E-state index in [4.69, 9.17) is 20.8 Å². The van der Waals surface area contributed by atoms with Gasteiger partial charge in [0, 0.05) is 12.4 Å². The molecule has 0 saturated heterocycles. The predicted molar refractivity (Wildman–Crippen MR) is 124 cm³/mol. The predicted octanol–water partition coefficient (Wildman–Crippen LogP) is 5.45. The maximum atomic E-state index is 12.9. The summed E-state index contributed by atoms with van der Waals surface area (Å²) in [6.45, 7) is 17.5. The number of nitrogens with zero attached hydrogens (tertiary/aromatic N) is 2. The molecule has 30 heavy (non-hydrogen) atoms. The molecule has 166 valence electrons. The summed E-state index contributed by atoms with van der Waals surface area (Å²) in [4.78, 5) is 29.6. The van der Waals surface area contributed by atoms with Crippen LogP contribution in [0.3, 0.4) is 0 Å². The molecule has 0 spiro atoms. The first-order valence-electron chi connectivity index (χ1n) is 10.3. The van der Waals surface area contributed by atoms with Gasteiger partial charge in [0.15, 0.2) is 8.32 Å². The quantitative estimate of drug-likeness (QED) is 0.412. The molecule has 6 nitrogen and oxygen atoms in total. The van der Waals surface area contributed by atoms with E-state index in [1.165, 1.54) is 6.20 Å². The van der Waals surface area contributed by atoms with Crippen LogP contribution in [0.1, 0.15) is 57.9 Å². The summed E-state index contributed by atoms with van der Waals surface area (Å²) in [6, 6.07) is 1.60. The number of pyridine rings is 2. The van der Waals surface area contributed by atoms with Crippen LogP contribution in [0, 0.1) is 5.92 Å². The lowest BCUT2D eigenvalue weighted by Crippen LogP contribution is -2.42. The fourth-order valence-electron chi connectivity index (χ4n) is 2.93. The van der Waals surface area contributed by atoms with Crippen molar-refractivity contribution in [3.8, 4) is 0 Å². The normalized spacial score (nSPS) is 13.7. The molecule has 0 N–H and O–H groups in total. The SMILES string of the molecule is CCOC(=O)c1cn([C@H](CO[Si](C)(C)C(C)(C)C)C(C)C)c2cc(Cl)cnc2c1=O.